The normalized spacial score (nSPS) is 17.7. The summed E-state index contributed by atoms with van der Waals surface area (Å²) in [6.07, 6.45) is 0.532. The van der Waals surface area contributed by atoms with E-state index in [9.17, 15) is 12.8 Å². The number of fused-ring (bicyclic) bond motifs is 1. The van der Waals surface area contributed by atoms with Gasteiger partial charge in [0.05, 0.1) is 14.2 Å². The predicted octanol–water partition coefficient (Wildman–Crippen LogP) is 3.91. The Morgan fingerprint density at radius 3 is 2.46 bits per heavy atom. The SMILES string of the molecule is COc1cc(Br)c(S(=O)(=O)N2CCc3ccc(F)cc3C2C)cc1OC. The van der Waals surface area contributed by atoms with E-state index in [-0.39, 0.29) is 10.7 Å². The molecule has 26 heavy (non-hydrogen) atoms. The van der Waals surface area contributed by atoms with Gasteiger partial charge in [-0.05, 0) is 58.6 Å². The number of nitrogens with zero attached hydrogens (tertiary/aromatic N) is 1. The van der Waals surface area contributed by atoms with E-state index in [2.05, 4.69) is 15.9 Å². The monoisotopic (exact) mass is 443 g/mol. The molecule has 2 aromatic rings. The predicted molar refractivity (Wildman–Crippen MR) is 99.7 cm³/mol. The molecule has 0 saturated carbocycles. The van der Waals surface area contributed by atoms with Gasteiger partial charge in [-0.2, -0.15) is 4.31 Å². The molecule has 3 rings (SSSR count). The van der Waals surface area contributed by atoms with Gasteiger partial charge in [0.25, 0.3) is 0 Å². The quantitative estimate of drug-likeness (QED) is 0.718. The first-order valence-electron chi connectivity index (χ1n) is 8.01. The highest BCUT2D eigenvalue weighted by Crippen LogP contribution is 2.40. The van der Waals surface area contributed by atoms with E-state index in [1.165, 1.54) is 36.7 Å². The minimum Gasteiger partial charge on any atom is -0.493 e. The van der Waals surface area contributed by atoms with Crippen molar-refractivity contribution in [1.29, 1.82) is 0 Å². The first-order chi connectivity index (χ1) is 12.3. The Balaban J connectivity index is 2.07. The van der Waals surface area contributed by atoms with Crippen LogP contribution in [-0.2, 0) is 16.4 Å². The Morgan fingerprint density at radius 1 is 1.15 bits per heavy atom. The summed E-state index contributed by atoms with van der Waals surface area (Å²) in [6, 6.07) is 7.06. The molecule has 8 heteroatoms. The van der Waals surface area contributed by atoms with Crippen LogP contribution in [0, 0.1) is 5.82 Å². The number of hydrogen-bond acceptors (Lipinski definition) is 4. The lowest BCUT2D eigenvalue weighted by molar-refractivity contribution is 0.324. The van der Waals surface area contributed by atoms with Crippen LogP contribution < -0.4 is 9.47 Å². The van der Waals surface area contributed by atoms with Gasteiger partial charge in [0.2, 0.25) is 10.0 Å². The lowest BCUT2D eigenvalue weighted by Crippen LogP contribution is -2.39. The second kappa shape index (κ2) is 7.17. The first-order valence-corrected chi connectivity index (χ1v) is 10.2. The third-order valence-corrected chi connectivity index (χ3v) is 7.54. The molecule has 0 bridgehead atoms. The molecule has 0 fully saturated rings. The van der Waals surface area contributed by atoms with E-state index in [0.717, 1.165) is 5.56 Å². The van der Waals surface area contributed by atoms with Gasteiger partial charge in [-0.25, -0.2) is 12.8 Å². The summed E-state index contributed by atoms with van der Waals surface area (Å²) in [5.74, 6) is 0.380. The molecule has 140 valence electrons. The maximum Gasteiger partial charge on any atom is 0.244 e. The lowest BCUT2D eigenvalue weighted by atomic mass is 9.95. The summed E-state index contributed by atoms with van der Waals surface area (Å²) in [4.78, 5) is 0.0850. The van der Waals surface area contributed by atoms with Crippen molar-refractivity contribution in [2.45, 2.75) is 24.3 Å². The Hall–Kier alpha value is -1.64. The second-order valence-corrected chi connectivity index (χ2v) is 8.74. The molecule has 0 saturated heterocycles. The summed E-state index contributed by atoms with van der Waals surface area (Å²) in [7, 11) is -0.895. The van der Waals surface area contributed by atoms with Gasteiger partial charge in [0, 0.05) is 23.1 Å². The van der Waals surface area contributed by atoms with Crippen molar-refractivity contribution in [2.24, 2.45) is 0 Å². The highest BCUT2D eigenvalue weighted by atomic mass is 79.9. The molecule has 0 amide bonds. The topological polar surface area (TPSA) is 55.8 Å². The minimum atomic E-state index is -3.83. The Kier molecular flexibility index (Phi) is 5.28. The average Bonchev–Trinajstić information content (AvgIpc) is 2.61. The minimum absolute atomic E-state index is 0.0850. The molecule has 1 aliphatic rings. The fourth-order valence-corrected chi connectivity index (χ4v) is 5.86. The van der Waals surface area contributed by atoms with Crippen LogP contribution in [0.4, 0.5) is 4.39 Å². The molecule has 1 aliphatic heterocycles. The van der Waals surface area contributed by atoms with E-state index >= 15 is 0 Å². The summed E-state index contributed by atoms with van der Waals surface area (Å²) in [5.41, 5.74) is 1.66. The van der Waals surface area contributed by atoms with Crippen molar-refractivity contribution in [1.82, 2.24) is 4.31 Å². The third kappa shape index (κ3) is 3.21. The van der Waals surface area contributed by atoms with Crippen molar-refractivity contribution < 1.29 is 22.3 Å². The highest BCUT2D eigenvalue weighted by molar-refractivity contribution is 9.10. The smallest absolute Gasteiger partial charge is 0.244 e. The molecule has 0 spiro atoms. The highest BCUT2D eigenvalue weighted by Gasteiger charge is 2.35. The second-order valence-electron chi connectivity index (χ2n) is 6.02. The molecule has 2 aromatic carbocycles. The van der Waals surface area contributed by atoms with Crippen LogP contribution in [-0.4, -0.2) is 33.5 Å². The van der Waals surface area contributed by atoms with Gasteiger partial charge in [-0.3, -0.25) is 0 Å². The summed E-state index contributed by atoms with van der Waals surface area (Å²) < 4.78 is 52.4. The zero-order valence-corrected chi connectivity index (χ0v) is 17.0. The molecule has 5 nitrogen and oxygen atoms in total. The van der Waals surface area contributed by atoms with Gasteiger partial charge in [-0.1, -0.05) is 6.07 Å². The molecule has 1 atom stereocenters. The zero-order valence-electron chi connectivity index (χ0n) is 14.6. The number of halogens is 2. The summed E-state index contributed by atoms with van der Waals surface area (Å²) in [5, 5.41) is 0. The molecule has 0 aromatic heterocycles. The number of ether oxygens (including phenoxy) is 2. The van der Waals surface area contributed by atoms with Crippen LogP contribution in [0.15, 0.2) is 39.7 Å². The Morgan fingerprint density at radius 2 is 1.81 bits per heavy atom. The van der Waals surface area contributed by atoms with Crippen molar-refractivity contribution in [2.75, 3.05) is 20.8 Å². The lowest BCUT2D eigenvalue weighted by Gasteiger charge is -2.34. The number of sulfonamides is 1. The molecular weight excluding hydrogens is 425 g/mol. The average molecular weight is 444 g/mol. The number of rotatable bonds is 4. The molecule has 1 unspecified atom stereocenters. The fraction of sp³-hybridized carbons (Fsp3) is 0.333. The van der Waals surface area contributed by atoms with Gasteiger partial charge in [0.1, 0.15) is 10.7 Å². The number of benzene rings is 2. The van der Waals surface area contributed by atoms with E-state index < -0.39 is 16.1 Å². The van der Waals surface area contributed by atoms with Gasteiger partial charge < -0.3 is 9.47 Å². The number of methoxy groups -OCH3 is 2. The third-order valence-electron chi connectivity index (χ3n) is 4.62. The van der Waals surface area contributed by atoms with E-state index in [1.54, 1.807) is 19.1 Å². The standard InChI is InChI=1S/C18H19BrFNO4S/c1-11-14-8-13(20)5-4-12(14)6-7-21(11)26(22,23)18-10-17(25-3)16(24-2)9-15(18)19/h4-5,8-11H,6-7H2,1-3H3. The largest absolute Gasteiger partial charge is 0.493 e. The van der Waals surface area contributed by atoms with Crippen LogP contribution >= 0.6 is 15.9 Å². The van der Waals surface area contributed by atoms with Gasteiger partial charge >= 0.3 is 0 Å². The summed E-state index contributed by atoms with van der Waals surface area (Å²) >= 11 is 3.32. The molecular formula is C18H19BrFNO4S. The van der Waals surface area contributed by atoms with E-state index in [0.29, 0.717) is 34.5 Å². The Bertz CT molecular complexity index is 948. The van der Waals surface area contributed by atoms with E-state index in [1.807, 2.05) is 0 Å². The first kappa shape index (κ1) is 19.1. The van der Waals surface area contributed by atoms with Crippen LogP contribution in [0.25, 0.3) is 0 Å². The summed E-state index contributed by atoms with van der Waals surface area (Å²) in [6.45, 7) is 2.09. The van der Waals surface area contributed by atoms with Crippen LogP contribution in [0.3, 0.4) is 0 Å². The van der Waals surface area contributed by atoms with Crippen LogP contribution in [0.5, 0.6) is 11.5 Å². The van der Waals surface area contributed by atoms with E-state index in [4.69, 9.17) is 9.47 Å². The Labute approximate surface area is 160 Å². The molecule has 0 N–H and O–H groups in total. The van der Waals surface area contributed by atoms with Crippen LogP contribution in [0.2, 0.25) is 0 Å². The van der Waals surface area contributed by atoms with Gasteiger partial charge in [-0.15, -0.1) is 0 Å². The maximum atomic E-state index is 13.7. The molecule has 1 heterocycles. The number of hydrogen-bond donors (Lipinski definition) is 0. The van der Waals surface area contributed by atoms with Crippen molar-refractivity contribution in [3.63, 3.8) is 0 Å². The van der Waals surface area contributed by atoms with Gasteiger partial charge in [0.15, 0.2) is 11.5 Å². The fourth-order valence-electron chi connectivity index (χ4n) is 3.25. The molecule has 0 radical (unpaired) electrons. The zero-order chi connectivity index (χ0) is 19.1. The molecule has 0 aliphatic carbocycles. The van der Waals surface area contributed by atoms with Crippen molar-refractivity contribution in [3.8, 4) is 11.5 Å². The maximum absolute atomic E-state index is 13.7. The van der Waals surface area contributed by atoms with Crippen molar-refractivity contribution >= 4 is 26.0 Å². The van der Waals surface area contributed by atoms with Crippen molar-refractivity contribution in [3.05, 3.63) is 51.7 Å². The van der Waals surface area contributed by atoms with Crippen LogP contribution in [0.1, 0.15) is 24.1 Å².